The summed E-state index contributed by atoms with van der Waals surface area (Å²) in [4.78, 5) is 32.5. The van der Waals surface area contributed by atoms with Crippen molar-refractivity contribution in [1.29, 1.82) is 0 Å². The molecule has 0 spiro atoms. The van der Waals surface area contributed by atoms with Gasteiger partial charge in [-0.05, 0) is 18.6 Å². The molecule has 1 aromatic heterocycles. The lowest BCUT2D eigenvalue weighted by Crippen LogP contribution is -2.33. The number of fused-ring (bicyclic) bond motifs is 1. The molecule has 0 saturated carbocycles. The zero-order chi connectivity index (χ0) is 15.2. The third kappa shape index (κ3) is 3.71. The summed E-state index contributed by atoms with van der Waals surface area (Å²) in [5.74, 6) is -0.115. The monoisotopic (exact) mass is 290 g/mol. The second-order valence-corrected chi connectivity index (χ2v) is 4.56. The number of amides is 2. The lowest BCUT2D eigenvalue weighted by molar-refractivity contribution is -0.114. The van der Waals surface area contributed by atoms with E-state index in [2.05, 4.69) is 15.6 Å². The maximum atomic E-state index is 11.8. The zero-order valence-corrected chi connectivity index (χ0v) is 12.0. The van der Waals surface area contributed by atoms with Crippen molar-refractivity contribution < 1.29 is 14.4 Å². The van der Waals surface area contributed by atoms with E-state index in [9.17, 15) is 9.59 Å². The minimum absolute atomic E-state index is 0.175. The normalized spacial score (nSPS) is 10.4. The minimum Gasteiger partial charge on any atom is -0.320 e. The molecule has 0 aliphatic carbocycles. The summed E-state index contributed by atoms with van der Waals surface area (Å²) in [5.41, 5.74) is 1.23. The molecule has 0 aliphatic heterocycles. The molecular weight excluding hydrogens is 272 g/mol. The van der Waals surface area contributed by atoms with E-state index in [0.717, 1.165) is 12.8 Å². The first kappa shape index (κ1) is 14.8. The summed E-state index contributed by atoms with van der Waals surface area (Å²) in [7, 11) is 0. The van der Waals surface area contributed by atoms with Gasteiger partial charge >= 0.3 is 6.09 Å². The van der Waals surface area contributed by atoms with Crippen LogP contribution in [0.5, 0.6) is 0 Å². The van der Waals surface area contributed by atoms with Gasteiger partial charge in [-0.25, -0.2) is 9.78 Å². The predicted molar refractivity (Wildman–Crippen MR) is 78.9 cm³/mol. The number of benzene rings is 1. The first-order chi connectivity index (χ1) is 10.1. The van der Waals surface area contributed by atoms with Gasteiger partial charge in [-0.1, -0.05) is 25.5 Å². The number of hydrogen-bond acceptors (Lipinski definition) is 4. The van der Waals surface area contributed by atoms with Gasteiger partial charge < -0.3 is 10.2 Å². The largest absolute Gasteiger partial charge is 0.432 e. The number of imidazole rings is 1. The second kappa shape index (κ2) is 6.74. The first-order valence-corrected chi connectivity index (χ1v) is 6.83. The number of unbranched alkanes of at least 4 members (excludes halogenated alkanes) is 1. The molecule has 0 aliphatic rings. The highest BCUT2D eigenvalue weighted by Gasteiger charge is 2.15. The van der Waals surface area contributed by atoms with E-state index >= 15 is 0 Å². The fraction of sp³-hybridized carbons (Fsp3) is 0.357. The summed E-state index contributed by atoms with van der Waals surface area (Å²) >= 11 is 0. The van der Waals surface area contributed by atoms with Gasteiger partial charge in [-0.15, -0.1) is 4.73 Å². The molecule has 0 radical (unpaired) electrons. The molecule has 112 valence electrons. The fourth-order valence-corrected chi connectivity index (χ4v) is 1.82. The van der Waals surface area contributed by atoms with Crippen molar-refractivity contribution in [3.05, 3.63) is 24.3 Å². The van der Waals surface area contributed by atoms with Crippen LogP contribution < -0.4 is 15.5 Å². The van der Waals surface area contributed by atoms with Crippen molar-refractivity contribution in [2.24, 2.45) is 0 Å². The lowest BCUT2D eigenvalue weighted by Gasteiger charge is -2.09. The quantitative estimate of drug-likeness (QED) is 0.824. The average molecular weight is 290 g/mol. The van der Waals surface area contributed by atoms with Gasteiger partial charge in [-0.2, -0.15) is 0 Å². The van der Waals surface area contributed by atoms with Crippen LogP contribution >= 0.6 is 0 Å². The third-order valence-electron chi connectivity index (χ3n) is 2.78. The Balaban J connectivity index is 2.23. The van der Waals surface area contributed by atoms with Crippen molar-refractivity contribution in [1.82, 2.24) is 15.0 Å². The molecule has 0 unspecified atom stereocenters. The van der Waals surface area contributed by atoms with Crippen molar-refractivity contribution in [3.8, 4) is 0 Å². The number of aromatic nitrogens is 2. The molecule has 1 aromatic carbocycles. The Morgan fingerprint density at radius 3 is 2.81 bits per heavy atom. The van der Waals surface area contributed by atoms with E-state index in [0.29, 0.717) is 17.6 Å². The van der Waals surface area contributed by atoms with E-state index < -0.39 is 6.09 Å². The molecule has 2 N–H and O–H groups in total. The molecule has 0 fully saturated rings. The van der Waals surface area contributed by atoms with Gasteiger partial charge in [0.2, 0.25) is 11.9 Å². The molecule has 0 saturated heterocycles. The maximum absolute atomic E-state index is 11.8. The average Bonchev–Trinajstić information content (AvgIpc) is 2.76. The Kier molecular flexibility index (Phi) is 4.76. The molecule has 0 bridgehead atoms. The molecule has 0 atom stereocenters. The summed E-state index contributed by atoms with van der Waals surface area (Å²) in [6.45, 7) is 3.94. The van der Waals surface area contributed by atoms with Crippen LogP contribution in [0.25, 0.3) is 11.0 Å². The lowest BCUT2D eigenvalue weighted by atomic mass is 10.3. The summed E-state index contributed by atoms with van der Waals surface area (Å²) in [6.07, 6.45) is 1.27. The summed E-state index contributed by atoms with van der Waals surface area (Å²) in [5, 5.41) is 5.19. The highest BCUT2D eigenvalue weighted by molar-refractivity contribution is 5.90. The van der Waals surface area contributed by atoms with Gasteiger partial charge in [0.15, 0.2) is 0 Å². The van der Waals surface area contributed by atoms with Gasteiger partial charge in [0.05, 0.1) is 5.52 Å². The molecule has 1 heterocycles. The number of carbonyl (C=O) groups is 2. The smallest absolute Gasteiger partial charge is 0.320 e. The van der Waals surface area contributed by atoms with Crippen molar-refractivity contribution in [2.75, 3.05) is 11.9 Å². The van der Waals surface area contributed by atoms with Crippen LogP contribution in [-0.2, 0) is 4.79 Å². The van der Waals surface area contributed by atoms with Crippen LogP contribution in [-0.4, -0.2) is 28.3 Å². The van der Waals surface area contributed by atoms with E-state index in [1.54, 1.807) is 18.2 Å². The molecule has 7 heteroatoms. The highest BCUT2D eigenvalue weighted by atomic mass is 16.7. The summed E-state index contributed by atoms with van der Waals surface area (Å²) < 4.78 is 1.22. The van der Waals surface area contributed by atoms with Crippen LogP contribution in [0.15, 0.2) is 24.3 Å². The van der Waals surface area contributed by atoms with Crippen LogP contribution in [0, 0.1) is 0 Å². The molecule has 2 amide bonds. The van der Waals surface area contributed by atoms with Crippen LogP contribution in [0.3, 0.4) is 0 Å². The van der Waals surface area contributed by atoms with E-state index in [4.69, 9.17) is 4.84 Å². The third-order valence-corrected chi connectivity index (χ3v) is 2.78. The first-order valence-electron chi connectivity index (χ1n) is 6.83. The van der Waals surface area contributed by atoms with E-state index in [1.807, 2.05) is 13.0 Å². The van der Waals surface area contributed by atoms with Crippen molar-refractivity contribution in [3.63, 3.8) is 0 Å². The molecular formula is C14H18N4O3. The van der Waals surface area contributed by atoms with E-state index in [1.165, 1.54) is 11.7 Å². The number of rotatable bonds is 5. The zero-order valence-electron chi connectivity index (χ0n) is 12.0. The van der Waals surface area contributed by atoms with Gasteiger partial charge in [0, 0.05) is 13.5 Å². The number of hydrogen-bond donors (Lipinski definition) is 2. The SMILES string of the molecule is CCCCNC(=O)On1c(NC(C)=O)nc2ccccc21. The van der Waals surface area contributed by atoms with Crippen molar-refractivity contribution in [2.45, 2.75) is 26.7 Å². The van der Waals surface area contributed by atoms with Crippen molar-refractivity contribution >= 4 is 29.0 Å². The molecule has 21 heavy (non-hydrogen) atoms. The molecule has 7 nitrogen and oxygen atoms in total. The topological polar surface area (TPSA) is 85.2 Å². The standard InChI is InChI=1S/C14H18N4O3/c1-3-4-9-15-14(20)21-18-12-8-6-5-7-11(12)17-13(18)16-10(2)19/h5-8H,3-4,9H2,1-2H3,(H,15,20)(H,16,17,19). The number of anilines is 1. The number of nitrogens with zero attached hydrogens (tertiary/aromatic N) is 2. The van der Waals surface area contributed by atoms with Gasteiger partial charge in [0.25, 0.3) is 0 Å². The number of carbonyl (C=O) groups excluding carboxylic acids is 2. The van der Waals surface area contributed by atoms with Crippen LogP contribution in [0.1, 0.15) is 26.7 Å². The van der Waals surface area contributed by atoms with Gasteiger partial charge in [0.1, 0.15) is 5.52 Å². The molecule has 2 aromatic rings. The maximum Gasteiger partial charge on any atom is 0.432 e. The Morgan fingerprint density at radius 1 is 1.33 bits per heavy atom. The number of para-hydroxylation sites is 2. The molecule has 2 rings (SSSR count). The minimum atomic E-state index is -0.585. The highest BCUT2D eigenvalue weighted by Crippen LogP contribution is 2.18. The second-order valence-electron chi connectivity index (χ2n) is 4.56. The van der Waals surface area contributed by atoms with E-state index in [-0.39, 0.29) is 11.9 Å². The Labute approximate surface area is 122 Å². The fourth-order valence-electron chi connectivity index (χ4n) is 1.82. The van der Waals surface area contributed by atoms with Crippen LogP contribution in [0.4, 0.5) is 10.7 Å². The van der Waals surface area contributed by atoms with Crippen LogP contribution in [0.2, 0.25) is 0 Å². The summed E-state index contributed by atoms with van der Waals surface area (Å²) in [6, 6.07) is 7.15. The Bertz CT molecular complexity index is 651. The predicted octanol–water partition coefficient (Wildman–Crippen LogP) is 1.93. The van der Waals surface area contributed by atoms with Gasteiger partial charge in [-0.3, -0.25) is 10.1 Å². The Morgan fingerprint density at radius 2 is 2.10 bits per heavy atom. The number of nitrogens with one attached hydrogen (secondary N) is 2. The Hall–Kier alpha value is -2.57.